The van der Waals surface area contributed by atoms with Gasteiger partial charge in [0.15, 0.2) is 0 Å². The van der Waals surface area contributed by atoms with Crippen LogP contribution in [0.3, 0.4) is 0 Å². The van der Waals surface area contributed by atoms with E-state index in [0.717, 1.165) is 31.2 Å². The van der Waals surface area contributed by atoms with Crippen LogP contribution in [0.15, 0.2) is 24.3 Å². The number of piperidine rings is 1. The SMILES string of the molecule is C[NH+]1CCN(C2CCN(Cc3cccc(F)c3)CC2)CC1. The summed E-state index contributed by atoms with van der Waals surface area (Å²) in [6, 6.07) is 7.78. The van der Waals surface area contributed by atoms with Gasteiger partial charge < -0.3 is 4.90 Å². The van der Waals surface area contributed by atoms with Crippen molar-refractivity contribution < 1.29 is 9.29 Å². The zero-order chi connectivity index (χ0) is 14.7. The molecule has 3 nitrogen and oxygen atoms in total. The number of nitrogens with one attached hydrogen (secondary N) is 1. The highest BCUT2D eigenvalue weighted by molar-refractivity contribution is 5.16. The van der Waals surface area contributed by atoms with E-state index >= 15 is 0 Å². The van der Waals surface area contributed by atoms with Gasteiger partial charge in [-0.2, -0.15) is 0 Å². The second-order valence-electron chi connectivity index (χ2n) is 6.63. The van der Waals surface area contributed by atoms with Gasteiger partial charge in [-0.1, -0.05) is 12.1 Å². The molecule has 0 radical (unpaired) electrons. The van der Waals surface area contributed by atoms with Gasteiger partial charge in [0.2, 0.25) is 0 Å². The minimum Gasteiger partial charge on any atom is -0.335 e. The Labute approximate surface area is 127 Å². The third kappa shape index (κ3) is 4.02. The predicted octanol–water partition coefficient (Wildman–Crippen LogP) is 0.620. The molecule has 0 saturated carbocycles. The van der Waals surface area contributed by atoms with Crippen LogP contribution in [-0.2, 0) is 6.54 Å². The highest BCUT2D eigenvalue weighted by Crippen LogP contribution is 2.18. The molecule has 1 aromatic rings. The maximum atomic E-state index is 13.2. The first-order valence-electron chi connectivity index (χ1n) is 8.23. The van der Waals surface area contributed by atoms with Crippen LogP contribution in [0.2, 0.25) is 0 Å². The van der Waals surface area contributed by atoms with Crippen LogP contribution in [0.4, 0.5) is 4.39 Å². The van der Waals surface area contributed by atoms with Crippen LogP contribution in [0, 0.1) is 5.82 Å². The summed E-state index contributed by atoms with van der Waals surface area (Å²) in [5.41, 5.74) is 1.09. The molecule has 0 amide bonds. The van der Waals surface area contributed by atoms with Crippen LogP contribution in [0.1, 0.15) is 18.4 Å². The summed E-state index contributed by atoms with van der Waals surface area (Å²) in [6.45, 7) is 8.23. The van der Waals surface area contributed by atoms with Crippen molar-refractivity contribution in [1.82, 2.24) is 9.80 Å². The van der Waals surface area contributed by atoms with E-state index in [-0.39, 0.29) is 5.82 Å². The standard InChI is InChI=1S/C17H26FN3/c1-19-9-11-21(12-10-19)17-5-7-20(8-6-17)14-15-3-2-4-16(18)13-15/h2-4,13,17H,5-12,14H2,1H3/p+1. The molecule has 2 saturated heterocycles. The van der Waals surface area contributed by atoms with Gasteiger partial charge >= 0.3 is 0 Å². The highest BCUT2D eigenvalue weighted by atomic mass is 19.1. The Hall–Kier alpha value is -0.970. The molecule has 21 heavy (non-hydrogen) atoms. The third-order valence-corrected chi connectivity index (χ3v) is 5.02. The van der Waals surface area contributed by atoms with Crippen LogP contribution >= 0.6 is 0 Å². The van der Waals surface area contributed by atoms with Crippen LogP contribution in [-0.4, -0.2) is 62.2 Å². The summed E-state index contributed by atoms with van der Waals surface area (Å²) in [6.07, 6.45) is 2.52. The van der Waals surface area contributed by atoms with Crippen molar-refractivity contribution in [2.75, 3.05) is 46.3 Å². The first-order chi connectivity index (χ1) is 10.2. The molecular weight excluding hydrogens is 265 g/mol. The molecule has 1 N–H and O–H groups in total. The molecule has 116 valence electrons. The van der Waals surface area contributed by atoms with Gasteiger partial charge in [-0.05, 0) is 43.6 Å². The number of hydrogen-bond donors (Lipinski definition) is 1. The fourth-order valence-electron chi connectivity index (χ4n) is 3.61. The number of halogens is 1. The van der Waals surface area contributed by atoms with Gasteiger partial charge in [0.25, 0.3) is 0 Å². The zero-order valence-corrected chi connectivity index (χ0v) is 13.0. The molecule has 2 heterocycles. The van der Waals surface area contributed by atoms with E-state index in [9.17, 15) is 4.39 Å². The normalized spacial score (nSPS) is 23.5. The fourth-order valence-corrected chi connectivity index (χ4v) is 3.61. The Morgan fingerprint density at radius 1 is 1.14 bits per heavy atom. The van der Waals surface area contributed by atoms with E-state index in [0.29, 0.717) is 0 Å². The largest absolute Gasteiger partial charge is 0.335 e. The van der Waals surface area contributed by atoms with E-state index in [1.54, 1.807) is 11.0 Å². The van der Waals surface area contributed by atoms with E-state index in [1.165, 1.54) is 45.1 Å². The molecule has 0 bridgehead atoms. The van der Waals surface area contributed by atoms with Crippen molar-refractivity contribution in [3.63, 3.8) is 0 Å². The number of nitrogens with zero attached hydrogens (tertiary/aromatic N) is 2. The second-order valence-corrected chi connectivity index (χ2v) is 6.63. The van der Waals surface area contributed by atoms with Gasteiger partial charge in [-0.25, -0.2) is 4.39 Å². The summed E-state index contributed by atoms with van der Waals surface area (Å²) < 4.78 is 13.2. The van der Waals surface area contributed by atoms with Gasteiger partial charge in [0, 0.05) is 25.7 Å². The van der Waals surface area contributed by atoms with Crippen molar-refractivity contribution in [3.8, 4) is 0 Å². The monoisotopic (exact) mass is 292 g/mol. The summed E-state index contributed by atoms with van der Waals surface area (Å²) in [7, 11) is 2.29. The molecule has 4 heteroatoms. The van der Waals surface area contributed by atoms with Crippen molar-refractivity contribution in [1.29, 1.82) is 0 Å². The van der Waals surface area contributed by atoms with Gasteiger partial charge in [0.05, 0.1) is 20.1 Å². The van der Waals surface area contributed by atoms with Crippen molar-refractivity contribution in [2.45, 2.75) is 25.4 Å². The second kappa shape index (κ2) is 6.86. The molecular formula is C17H27FN3+. The maximum Gasteiger partial charge on any atom is 0.123 e. The average Bonchev–Trinajstić information content (AvgIpc) is 2.49. The summed E-state index contributed by atoms with van der Waals surface area (Å²) in [5, 5.41) is 0. The Bertz CT molecular complexity index is 449. The van der Waals surface area contributed by atoms with E-state index in [1.807, 2.05) is 12.1 Å². The number of hydrogen-bond acceptors (Lipinski definition) is 2. The lowest BCUT2D eigenvalue weighted by Crippen LogP contribution is -3.12. The molecule has 2 fully saturated rings. The Balaban J connectivity index is 1.47. The Morgan fingerprint density at radius 2 is 1.86 bits per heavy atom. The maximum absolute atomic E-state index is 13.2. The Morgan fingerprint density at radius 3 is 2.52 bits per heavy atom. The van der Waals surface area contributed by atoms with Gasteiger partial charge in [-0.15, -0.1) is 0 Å². The van der Waals surface area contributed by atoms with Crippen LogP contribution < -0.4 is 4.90 Å². The van der Waals surface area contributed by atoms with Gasteiger partial charge in [0.1, 0.15) is 5.82 Å². The number of benzene rings is 1. The number of quaternary nitrogens is 1. The smallest absolute Gasteiger partial charge is 0.123 e. The minimum absolute atomic E-state index is 0.123. The molecule has 0 atom stereocenters. The van der Waals surface area contributed by atoms with Crippen molar-refractivity contribution in [3.05, 3.63) is 35.6 Å². The first kappa shape index (κ1) is 14.9. The summed E-state index contributed by atoms with van der Waals surface area (Å²) in [5.74, 6) is -0.123. The predicted molar refractivity (Wildman–Crippen MR) is 82.9 cm³/mol. The lowest BCUT2D eigenvalue weighted by Gasteiger charge is -2.40. The molecule has 0 spiro atoms. The summed E-state index contributed by atoms with van der Waals surface area (Å²) >= 11 is 0. The molecule has 0 aromatic heterocycles. The Kier molecular flexibility index (Phi) is 4.88. The van der Waals surface area contributed by atoms with E-state index < -0.39 is 0 Å². The van der Waals surface area contributed by atoms with Crippen molar-refractivity contribution in [2.24, 2.45) is 0 Å². The number of likely N-dealkylation sites (N-methyl/N-ethyl adjacent to an activating group) is 1. The molecule has 2 aliphatic rings. The summed E-state index contributed by atoms with van der Waals surface area (Å²) in [4.78, 5) is 6.81. The lowest BCUT2D eigenvalue weighted by atomic mass is 10.0. The van der Waals surface area contributed by atoms with Crippen LogP contribution in [0.25, 0.3) is 0 Å². The number of rotatable bonds is 3. The lowest BCUT2D eigenvalue weighted by molar-refractivity contribution is -0.884. The number of piperazine rings is 1. The molecule has 3 rings (SSSR count). The minimum atomic E-state index is -0.123. The average molecular weight is 292 g/mol. The highest BCUT2D eigenvalue weighted by Gasteiger charge is 2.27. The molecule has 0 aliphatic carbocycles. The molecule has 2 aliphatic heterocycles. The third-order valence-electron chi connectivity index (χ3n) is 5.02. The topological polar surface area (TPSA) is 10.9 Å². The van der Waals surface area contributed by atoms with Crippen molar-refractivity contribution >= 4 is 0 Å². The molecule has 1 aromatic carbocycles. The number of likely N-dealkylation sites (tertiary alicyclic amines) is 1. The van der Waals surface area contributed by atoms with E-state index in [2.05, 4.69) is 16.8 Å². The fraction of sp³-hybridized carbons (Fsp3) is 0.647. The van der Waals surface area contributed by atoms with Crippen LogP contribution in [0.5, 0.6) is 0 Å². The first-order valence-corrected chi connectivity index (χ1v) is 8.23. The zero-order valence-electron chi connectivity index (χ0n) is 13.0. The van der Waals surface area contributed by atoms with E-state index in [4.69, 9.17) is 0 Å². The quantitative estimate of drug-likeness (QED) is 0.876. The molecule has 0 unspecified atom stereocenters. The van der Waals surface area contributed by atoms with Gasteiger partial charge in [-0.3, -0.25) is 9.80 Å².